The fourth-order valence-corrected chi connectivity index (χ4v) is 5.01. The third-order valence-electron chi connectivity index (χ3n) is 6.62. The molecule has 26 heavy (non-hydrogen) atoms. The van der Waals surface area contributed by atoms with E-state index in [1.54, 1.807) is 12.1 Å². The number of benzene rings is 1. The number of nitrogens with zero attached hydrogens (tertiary/aromatic N) is 1. The van der Waals surface area contributed by atoms with Crippen LogP contribution >= 0.6 is 0 Å². The van der Waals surface area contributed by atoms with E-state index in [-0.39, 0.29) is 11.9 Å². The van der Waals surface area contributed by atoms with Crippen LogP contribution in [0.15, 0.2) is 24.3 Å². The first-order valence-corrected chi connectivity index (χ1v) is 10.2. The van der Waals surface area contributed by atoms with Gasteiger partial charge in [0.1, 0.15) is 5.82 Å². The number of halogens is 1. The molecule has 6 heteroatoms. The number of hydrazine groups is 2. The summed E-state index contributed by atoms with van der Waals surface area (Å²) in [5.74, 6) is 1.92. The van der Waals surface area contributed by atoms with E-state index in [1.807, 2.05) is 12.1 Å². The zero-order valence-electron chi connectivity index (χ0n) is 15.7. The lowest BCUT2D eigenvalue weighted by molar-refractivity contribution is 0.131. The first-order chi connectivity index (χ1) is 12.7. The Morgan fingerprint density at radius 1 is 1.00 bits per heavy atom. The third-order valence-corrected chi connectivity index (χ3v) is 6.62. The van der Waals surface area contributed by atoms with Crippen LogP contribution in [0.4, 0.5) is 4.39 Å². The number of rotatable bonds is 5. The van der Waals surface area contributed by atoms with Gasteiger partial charge in [-0.2, -0.15) is 0 Å². The average Bonchev–Trinajstić information content (AvgIpc) is 3.32. The highest BCUT2D eigenvalue weighted by Gasteiger charge is 2.36. The normalized spacial score (nSPS) is 33.8. The van der Waals surface area contributed by atoms with Crippen LogP contribution in [0.3, 0.4) is 0 Å². The van der Waals surface area contributed by atoms with Crippen LogP contribution in [0.1, 0.15) is 37.8 Å². The summed E-state index contributed by atoms with van der Waals surface area (Å²) >= 11 is 0. The second-order valence-corrected chi connectivity index (χ2v) is 8.17. The van der Waals surface area contributed by atoms with Gasteiger partial charge in [0.2, 0.25) is 0 Å². The molecule has 4 atom stereocenters. The fraction of sp³-hybridized carbons (Fsp3) is 0.700. The Morgan fingerprint density at radius 2 is 1.69 bits per heavy atom. The molecule has 4 rings (SSSR count). The summed E-state index contributed by atoms with van der Waals surface area (Å²) < 4.78 is 13.2. The molecule has 1 aromatic rings. The summed E-state index contributed by atoms with van der Waals surface area (Å²) in [5, 5.41) is 0. The van der Waals surface area contributed by atoms with Gasteiger partial charge in [0.15, 0.2) is 0 Å². The van der Waals surface area contributed by atoms with E-state index >= 15 is 0 Å². The molecule has 3 heterocycles. The Bertz CT molecular complexity index is 572. The quantitative estimate of drug-likeness (QED) is 0.644. The van der Waals surface area contributed by atoms with E-state index < -0.39 is 0 Å². The third kappa shape index (κ3) is 3.94. The molecule has 3 aliphatic heterocycles. The minimum atomic E-state index is -0.168. The molecule has 0 aromatic heterocycles. The second-order valence-electron chi connectivity index (χ2n) is 8.17. The van der Waals surface area contributed by atoms with Crippen molar-refractivity contribution in [3.8, 4) is 0 Å². The van der Waals surface area contributed by atoms with E-state index in [0.29, 0.717) is 12.0 Å². The summed E-state index contributed by atoms with van der Waals surface area (Å²) in [6.45, 7) is 7.85. The molecule has 4 N–H and O–H groups in total. The van der Waals surface area contributed by atoms with Crippen LogP contribution in [-0.2, 0) is 0 Å². The van der Waals surface area contributed by atoms with Gasteiger partial charge in [0.05, 0.1) is 6.04 Å². The maximum atomic E-state index is 13.2. The van der Waals surface area contributed by atoms with Crippen molar-refractivity contribution in [2.45, 2.75) is 38.3 Å². The SMILES string of the molecule is CCC1CNNC1C1CCN(CC2CNNC2c2ccc(F)cc2)CC1. The highest BCUT2D eigenvalue weighted by atomic mass is 19.1. The topological polar surface area (TPSA) is 51.4 Å². The van der Waals surface area contributed by atoms with Gasteiger partial charge in [-0.25, -0.2) is 9.82 Å². The van der Waals surface area contributed by atoms with E-state index in [0.717, 1.165) is 31.5 Å². The summed E-state index contributed by atoms with van der Waals surface area (Å²) in [6.07, 6.45) is 3.82. The van der Waals surface area contributed by atoms with Gasteiger partial charge in [-0.15, -0.1) is 0 Å². The summed E-state index contributed by atoms with van der Waals surface area (Å²) in [6, 6.07) is 7.84. The standard InChI is InChI=1S/C20H32FN5/c1-2-14-11-22-24-19(14)16-7-9-26(10-8-16)13-17-12-23-25-20(17)15-3-5-18(21)6-4-15/h3-6,14,16-17,19-20,22-25H,2,7-13H2,1H3. The highest BCUT2D eigenvalue weighted by molar-refractivity contribution is 5.21. The average molecular weight is 362 g/mol. The molecule has 1 aromatic carbocycles. The fourth-order valence-electron chi connectivity index (χ4n) is 5.01. The number of hydrogen-bond acceptors (Lipinski definition) is 5. The minimum Gasteiger partial charge on any atom is -0.303 e. The minimum absolute atomic E-state index is 0.168. The number of hydrogen-bond donors (Lipinski definition) is 4. The largest absolute Gasteiger partial charge is 0.303 e. The van der Waals surface area contributed by atoms with E-state index in [9.17, 15) is 4.39 Å². The Labute approximate surface area is 156 Å². The Kier molecular flexibility index (Phi) is 5.86. The van der Waals surface area contributed by atoms with Crippen molar-refractivity contribution in [2.75, 3.05) is 32.7 Å². The number of piperidine rings is 1. The van der Waals surface area contributed by atoms with E-state index in [4.69, 9.17) is 0 Å². The van der Waals surface area contributed by atoms with Crippen molar-refractivity contribution < 1.29 is 4.39 Å². The first-order valence-electron chi connectivity index (χ1n) is 10.2. The smallest absolute Gasteiger partial charge is 0.123 e. The molecule has 144 valence electrons. The van der Waals surface area contributed by atoms with Gasteiger partial charge in [0, 0.05) is 31.6 Å². The predicted octanol–water partition coefficient (Wildman–Crippen LogP) is 1.81. The monoisotopic (exact) mass is 361 g/mol. The molecule has 0 bridgehead atoms. The Hall–Kier alpha value is -1.05. The predicted molar refractivity (Wildman–Crippen MR) is 102 cm³/mol. The molecular formula is C20H32FN5. The number of likely N-dealkylation sites (tertiary alicyclic amines) is 1. The molecule has 0 radical (unpaired) electrons. The summed E-state index contributed by atoms with van der Waals surface area (Å²) in [5.41, 5.74) is 14.7. The van der Waals surface area contributed by atoms with E-state index in [1.165, 1.54) is 37.9 Å². The first kappa shape index (κ1) is 18.3. The Balaban J connectivity index is 1.30. The highest BCUT2D eigenvalue weighted by Crippen LogP contribution is 2.30. The lowest BCUT2D eigenvalue weighted by Gasteiger charge is -2.37. The van der Waals surface area contributed by atoms with Crippen molar-refractivity contribution in [3.63, 3.8) is 0 Å². The molecule has 3 aliphatic rings. The van der Waals surface area contributed by atoms with Gasteiger partial charge in [0.25, 0.3) is 0 Å². The molecule has 3 saturated heterocycles. The number of nitrogens with one attached hydrogen (secondary N) is 4. The maximum Gasteiger partial charge on any atom is 0.123 e. The zero-order chi connectivity index (χ0) is 17.9. The second kappa shape index (κ2) is 8.31. The molecule has 5 nitrogen and oxygen atoms in total. The van der Waals surface area contributed by atoms with Crippen molar-refractivity contribution in [1.82, 2.24) is 26.6 Å². The molecule has 0 spiro atoms. The van der Waals surface area contributed by atoms with Gasteiger partial charge in [-0.1, -0.05) is 25.5 Å². The molecule has 0 amide bonds. The van der Waals surface area contributed by atoms with Crippen molar-refractivity contribution >= 4 is 0 Å². The molecule has 3 fully saturated rings. The van der Waals surface area contributed by atoms with Gasteiger partial charge >= 0.3 is 0 Å². The van der Waals surface area contributed by atoms with Crippen molar-refractivity contribution in [1.29, 1.82) is 0 Å². The zero-order valence-corrected chi connectivity index (χ0v) is 15.7. The molecule has 0 aliphatic carbocycles. The van der Waals surface area contributed by atoms with Gasteiger partial charge < -0.3 is 4.90 Å². The molecule has 4 unspecified atom stereocenters. The lowest BCUT2D eigenvalue weighted by Crippen LogP contribution is -2.46. The van der Waals surface area contributed by atoms with E-state index in [2.05, 4.69) is 33.5 Å². The van der Waals surface area contributed by atoms with Gasteiger partial charge in [-0.05, 0) is 55.5 Å². The van der Waals surface area contributed by atoms with Crippen LogP contribution in [0.25, 0.3) is 0 Å². The van der Waals surface area contributed by atoms with Crippen LogP contribution in [0, 0.1) is 23.6 Å². The van der Waals surface area contributed by atoms with Crippen molar-refractivity contribution in [2.24, 2.45) is 17.8 Å². The summed E-state index contributed by atoms with van der Waals surface area (Å²) in [4.78, 5) is 2.62. The van der Waals surface area contributed by atoms with Crippen LogP contribution in [0.2, 0.25) is 0 Å². The molecule has 0 saturated carbocycles. The van der Waals surface area contributed by atoms with Crippen molar-refractivity contribution in [3.05, 3.63) is 35.6 Å². The van der Waals surface area contributed by atoms with Gasteiger partial charge in [-0.3, -0.25) is 16.3 Å². The van der Waals surface area contributed by atoms with Crippen LogP contribution in [-0.4, -0.2) is 43.7 Å². The summed E-state index contributed by atoms with van der Waals surface area (Å²) in [7, 11) is 0. The Morgan fingerprint density at radius 3 is 2.42 bits per heavy atom. The maximum absolute atomic E-state index is 13.2. The lowest BCUT2D eigenvalue weighted by atomic mass is 9.82. The van der Waals surface area contributed by atoms with Crippen LogP contribution in [0.5, 0.6) is 0 Å². The molecular weight excluding hydrogens is 329 g/mol. The van der Waals surface area contributed by atoms with Crippen LogP contribution < -0.4 is 21.7 Å².